The standard InChI is InChI=1S/C17H20N4O3S/c22-16(23)10-13(14-2-1-9-25-14)20-17(24)12-3-7-21(8-4-12)15-11-18-5-6-19-15/h1-2,5-6,9,11-13H,3-4,7-8,10H2,(H,20,24)(H,22,23)/t13-/m0/s1. The van der Waals surface area contributed by atoms with E-state index in [1.165, 1.54) is 11.3 Å². The number of carbonyl (C=O) groups is 2. The van der Waals surface area contributed by atoms with E-state index in [4.69, 9.17) is 5.11 Å². The number of aliphatic carboxylic acids is 1. The number of carboxylic acids is 1. The Bertz CT molecular complexity index is 700. The summed E-state index contributed by atoms with van der Waals surface area (Å²) in [5.74, 6) is -0.275. The van der Waals surface area contributed by atoms with E-state index in [9.17, 15) is 9.59 Å². The molecule has 0 radical (unpaired) electrons. The summed E-state index contributed by atoms with van der Waals surface area (Å²) in [5, 5.41) is 13.9. The molecule has 132 valence electrons. The zero-order valence-corrected chi connectivity index (χ0v) is 14.5. The van der Waals surface area contributed by atoms with Gasteiger partial charge in [0.1, 0.15) is 5.82 Å². The molecule has 0 unspecified atom stereocenters. The van der Waals surface area contributed by atoms with E-state index >= 15 is 0 Å². The van der Waals surface area contributed by atoms with E-state index in [-0.39, 0.29) is 18.2 Å². The van der Waals surface area contributed by atoms with E-state index < -0.39 is 12.0 Å². The van der Waals surface area contributed by atoms with Gasteiger partial charge in [-0.1, -0.05) is 6.07 Å². The Hall–Kier alpha value is -2.48. The summed E-state index contributed by atoms with van der Waals surface area (Å²) in [5.41, 5.74) is 0. The van der Waals surface area contributed by atoms with Crippen molar-refractivity contribution in [2.24, 2.45) is 5.92 Å². The molecular weight excluding hydrogens is 340 g/mol. The predicted octanol–water partition coefficient (Wildman–Crippen LogP) is 2.09. The number of hydrogen-bond acceptors (Lipinski definition) is 6. The Morgan fingerprint density at radius 1 is 1.36 bits per heavy atom. The third-order valence-electron chi connectivity index (χ3n) is 4.32. The summed E-state index contributed by atoms with van der Waals surface area (Å²) in [6, 6.07) is 3.25. The van der Waals surface area contributed by atoms with Crippen LogP contribution in [0.5, 0.6) is 0 Å². The number of anilines is 1. The van der Waals surface area contributed by atoms with E-state index in [1.54, 1.807) is 18.6 Å². The number of thiophene rings is 1. The van der Waals surface area contributed by atoms with Crippen molar-refractivity contribution in [1.82, 2.24) is 15.3 Å². The van der Waals surface area contributed by atoms with Crippen molar-refractivity contribution in [3.8, 4) is 0 Å². The molecule has 0 aliphatic carbocycles. The normalized spacial score (nSPS) is 16.4. The van der Waals surface area contributed by atoms with Gasteiger partial charge in [0.05, 0.1) is 18.7 Å². The lowest BCUT2D eigenvalue weighted by Gasteiger charge is -2.32. The van der Waals surface area contributed by atoms with Gasteiger partial charge in [-0.15, -0.1) is 11.3 Å². The van der Waals surface area contributed by atoms with Crippen LogP contribution in [0.3, 0.4) is 0 Å². The molecule has 1 saturated heterocycles. The number of aromatic nitrogens is 2. The zero-order chi connectivity index (χ0) is 17.6. The van der Waals surface area contributed by atoms with Gasteiger partial charge in [0.15, 0.2) is 0 Å². The number of amides is 1. The van der Waals surface area contributed by atoms with E-state index in [1.807, 2.05) is 17.5 Å². The first-order valence-corrected chi connectivity index (χ1v) is 9.08. The van der Waals surface area contributed by atoms with E-state index in [0.29, 0.717) is 12.8 Å². The fourth-order valence-electron chi connectivity index (χ4n) is 3.00. The summed E-state index contributed by atoms with van der Waals surface area (Å²) in [6.07, 6.45) is 6.34. The number of nitrogens with zero attached hydrogens (tertiary/aromatic N) is 3. The van der Waals surface area contributed by atoms with Crippen LogP contribution in [-0.4, -0.2) is 40.0 Å². The maximum Gasteiger partial charge on any atom is 0.305 e. The molecule has 0 aromatic carbocycles. The average Bonchev–Trinajstić information content (AvgIpc) is 3.16. The molecular formula is C17H20N4O3S. The molecule has 1 aliphatic heterocycles. The van der Waals surface area contributed by atoms with Crippen LogP contribution >= 0.6 is 11.3 Å². The fraction of sp³-hybridized carbons (Fsp3) is 0.412. The maximum absolute atomic E-state index is 12.6. The van der Waals surface area contributed by atoms with Crippen LogP contribution in [0.15, 0.2) is 36.1 Å². The Balaban J connectivity index is 1.57. The van der Waals surface area contributed by atoms with Gasteiger partial charge in [0.2, 0.25) is 5.91 Å². The van der Waals surface area contributed by atoms with Crippen molar-refractivity contribution in [3.05, 3.63) is 41.0 Å². The van der Waals surface area contributed by atoms with Crippen LogP contribution in [0.4, 0.5) is 5.82 Å². The van der Waals surface area contributed by atoms with Crippen LogP contribution < -0.4 is 10.2 Å². The minimum atomic E-state index is -0.920. The first-order valence-electron chi connectivity index (χ1n) is 8.20. The second-order valence-electron chi connectivity index (χ2n) is 6.00. The molecule has 1 aliphatic rings. The molecule has 1 amide bonds. The fourth-order valence-corrected chi connectivity index (χ4v) is 3.78. The number of rotatable bonds is 6. The molecule has 1 atom stereocenters. The highest BCUT2D eigenvalue weighted by Crippen LogP contribution is 2.25. The molecule has 25 heavy (non-hydrogen) atoms. The third-order valence-corrected chi connectivity index (χ3v) is 5.31. The summed E-state index contributed by atoms with van der Waals surface area (Å²) in [7, 11) is 0. The molecule has 1 fully saturated rings. The molecule has 2 N–H and O–H groups in total. The topological polar surface area (TPSA) is 95.4 Å². The highest BCUT2D eigenvalue weighted by atomic mass is 32.1. The van der Waals surface area contributed by atoms with Gasteiger partial charge in [-0.05, 0) is 24.3 Å². The predicted molar refractivity (Wildman–Crippen MR) is 94.4 cm³/mol. The first-order chi connectivity index (χ1) is 12.1. The lowest BCUT2D eigenvalue weighted by molar-refractivity contribution is -0.138. The number of carboxylic acid groups (broad SMARTS) is 1. The van der Waals surface area contributed by atoms with E-state index in [0.717, 1.165) is 23.8 Å². The van der Waals surface area contributed by atoms with Crippen LogP contribution in [-0.2, 0) is 9.59 Å². The minimum Gasteiger partial charge on any atom is -0.481 e. The molecule has 3 heterocycles. The lowest BCUT2D eigenvalue weighted by atomic mass is 9.95. The summed E-state index contributed by atoms with van der Waals surface area (Å²) >= 11 is 1.46. The van der Waals surface area contributed by atoms with Gasteiger partial charge in [0.25, 0.3) is 0 Å². The van der Waals surface area contributed by atoms with Gasteiger partial charge >= 0.3 is 5.97 Å². The molecule has 2 aromatic rings. The maximum atomic E-state index is 12.6. The van der Waals surface area contributed by atoms with Crippen LogP contribution in [0, 0.1) is 5.92 Å². The van der Waals surface area contributed by atoms with Crippen molar-refractivity contribution in [2.45, 2.75) is 25.3 Å². The van der Waals surface area contributed by atoms with Crippen molar-refractivity contribution in [1.29, 1.82) is 0 Å². The van der Waals surface area contributed by atoms with Crippen LogP contribution in [0.1, 0.15) is 30.2 Å². The Morgan fingerprint density at radius 3 is 2.76 bits per heavy atom. The van der Waals surface area contributed by atoms with Crippen molar-refractivity contribution < 1.29 is 14.7 Å². The lowest BCUT2D eigenvalue weighted by Crippen LogP contribution is -2.42. The van der Waals surface area contributed by atoms with Gasteiger partial charge in [-0.25, -0.2) is 4.98 Å². The molecule has 2 aromatic heterocycles. The highest BCUT2D eigenvalue weighted by Gasteiger charge is 2.28. The minimum absolute atomic E-state index is 0.0709. The molecule has 3 rings (SSSR count). The highest BCUT2D eigenvalue weighted by molar-refractivity contribution is 7.10. The molecule has 0 bridgehead atoms. The summed E-state index contributed by atoms with van der Waals surface area (Å²) < 4.78 is 0. The first kappa shape index (κ1) is 17.3. The van der Waals surface area contributed by atoms with Crippen molar-refractivity contribution >= 4 is 29.0 Å². The molecule has 0 saturated carbocycles. The van der Waals surface area contributed by atoms with E-state index in [2.05, 4.69) is 20.2 Å². The molecule has 7 nitrogen and oxygen atoms in total. The van der Waals surface area contributed by atoms with Gasteiger partial charge in [0, 0.05) is 36.3 Å². The number of nitrogens with one attached hydrogen (secondary N) is 1. The monoisotopic (exact) mass is 360 g/mol. The zero-order valence-electron chi connectivity index (χ0n) is 13.7. The number of hydrogen-bond donors (Lipinski definition) is 2. The quantitative estimate of drug-likeness (QED) is 0.819. The third kappa shape index (κ3) is 4.54. The Morgan fingerprint density at radius 2 is 2.16 bits per heavy atom. The molecule has 0 spiro atoms. The smallest absolute Gasteiger partial charge is 0.305 e. The largest absolute Gasteiger partial charge is 0.481 e. The second kappa shape index (κ2) is 8.06. The summed E-state index contributed by atoms with van der Waals surface area (Å²) in [4.78, 5) is 35.0. The summed E-state index contributed by atoms with van der Waals surface area (Å²) in [6.45, 7) is 1.47. The number of piperidine rings is 1. The second-order valence-corrected chi connectivity index (χ2v) is 6.98. The molecule has 8 heteroatoms. The van der Waals surface area contributed by atoms with Gasteiger partial charge < -0.3 is 15.3 Å². The van der Waals surface area contributed by atoms with Crippen LogP contribution in [0.2, 0.25) is 0 Å². The average molecular weight is 360 g/mol. The Labute approximate surface area is 149 Å². The van der Waals surface area contributed by atoms with Crippen molar-refractivity contribution in [2.75, 3.05) is 18.0 Å². The van der Waals surface area contributed by atoms with Gasteiger partial charge in [-0.2, -0.15) is 0 Å². The SMILES string of the molecule is O=C(O)C[C@H](NC(=O)C1CCN(c2cnccn2)CC1)c1cccs1. The van der Waals surface area contributed by atoms with Crippen molar-refractivity contribution in [3.63, 3.8) is 0 Å². The number of carbonyl (C=O) groups excluding carboxylic acids is 1. The van der Waals surface area contributed by atoms with Crippen LogP contribution in [0.25, 0.3) is 0 Å². The van der Waals surface area contributed by atoms with Gasteiger partial charge in [-0.3, -0.25) is 14.6 Å². The Kier molecular flexibility index (Phi) is 5.60.